The van der Waals surface area contributed by atoms with Crippen LogP contribution in [-0.2, 0) is 11.2 Å². The smallest absolute Gasteiger partial charge is 0.337 e. The van der Waals surface area contributed by atoms with Gasteiger partial charge in [0.15, 0.2) is 0 Å². The summed E-state index contributed by atoms with van der Waals surface area (Å²) < 4.78 is 13.7. The molecule has 0 radical (unpaired) electrons. The number of amides is 3. The van der Waals surface area contributed by atoms with Gasteiger partial charge in [-0.25, -0.2) is 18.9 Å². The molecule has 34 heavy (non-hydrogen) atoms. The minimum atomic E-state index is -1.23. The van der Waals surface area contributed by atoms with Crippen LogP contribution in [0.4, 0.5) is 14.9 Å². The number of nitrogens with one attached hydrogen (secondary N) is 1. The standard InChI is InChI=1S/C26H18FN3O4/c27-15-11-9-14(10-12-15)23-22-18(16-5-1-3-7-19(16)28-22)13-21-24(31)30(26(34)29(21)23)20-8-4-2-6-17(20)25(32)33/h1-12,21,23,28H,13H2,(H,32,33). The van der Waals surface area contributed by atoms with Crippen LogP contribution in [0.15, 0.2) is 72.8 Å². The average Bonchev–Trinajstić information content (AvgIpc) is 3.33. The number of carboxylic acid groups (broad SMARTS) is 1. The van der Waals surface area contributed by atoms with E-state index in [1.54, 1.807) is 24.3 Å². The molecule has 3 amide bonds. The molecule has 3 aromatic carbocycles. The van der Waals surface area contributed by atoms with Gasteiger partial charge in [-0.15, -0.1) is 0 Å². The maximum absolute atomic E-state index is 13.8. The van der Waals surface area contributed by atoms with Crippen LogP contribution in [0.1, 0.15) is 33.2 Å². The van der Waals surface area contributed by atoms with Gasteiger partial charge in [-0.3, -0.25) is 9.69 Å². The zero-order valence-corrected chi connectivity index (χ0v) is 17.7. The van der Waals surface area contributed by atoms with Crippen molar-refractivity contribution in [3.63, 3.8) is 0 Å². The van der Waals surface area contributed by atoms with Gasteiger partial charge in [0.05, 0.1) is 11.3 Å². The Balaban J connectivity index is 1.55. The summed E-state index contributed by atoms with van der Waals surface area (Å²) in [7, 11) is 0. The van der Waals surface area contributed by atoms with Crippen LogP contribution >= 0.6 is 0 Å². The van der Waals surface area contributed by atoms with Gasteiger partial charge in [-0.05, 0) is 41.5 Å². The monoisotopic (exact) mass is 455 g/mol. The number of fused-ring (bicyclic) bond motifs is 4. The van der Waals surface area contributed by atoms with E-state index in [0.717, 1.165) is 27.1 Å². The second kappa shape index (κ2) is 7.28. The maximum Gasteiger partial charge on any atom is 0.337 e. The number of aromatic carboxylic acids is 1. The Labute approximate surface area is 193 Å². The molecule has 6 rings (SSSR count). The molecule has 0 bridgehead atoms. The lowest BCUT2D eigenvalue weighted by Crippen LogP contribution is -2.44. The fourth-order valence-corrected chi connectivity index (χ4v) is 5.14. The van der Waals surface area contributed by atoms with E-state index >= 15 is 0 Å². The van der Waals surface area contributed by atoms with Gasteiger partial charge in [-0.2, -0.15) is 0 Å². The summed E-state index contributed by atoms with van der Waals surface area (Å²) in [5, 5.41) is 10.6. The second-order valence-corrected chi connectivity index (χ2v) is 8.42. The largest absolute Gasteiger partial charge is 0.478 e. The number of para-hydroxylation sites is 2. The van der Waals surface area contributed by atoms with Gasteiger partial charge in [-0.1, -0.05) is 42.5 Å². The van der Waals surface area contributed by atoms with Crippen molar-refractivity contribution in [2.45, 2.75) is 18.5 Å². The predicted molar refractivity (Wildman–Crippen MR) is 122 cm³/mol. The molecule has 1 fully saturated rings. The molecule has 4 aromatic rings. The van der Waals surface area contributed by atoms with Crippen LogP contribution in [0.25, 0.3) is 10.9 Å². The fourth-order valence-electron chi connectivity index (χ4n) is 5.14. The maximum atomic E-state index is 13.8. The number of halogens is 1. The Hall–Kier alpha value is -4.46. The number of carbonyl (C=O) groups is 3. The lowest BCUT2D eigenvalue weighted by molar-refractivity contribution is -0.120. The Kier molecular flexibility index (Phi) is 4.32. The lowest BCUT2D eigenvalue weighted by atomic mass is 9.89. The first-order chi connectivity index (χ1) is 16.5. The number of rotatable bonds is 3. The predicted octanol–water partition coefficient (Wildman–Crippen LogP) is 4.49. The molecule has 7 nitrogen and oxygen atoms in total. The number of aromatic amines is 1. The van der Waals surface area contributed by atoms with Gasteiger partial charge >= 0.3 is 12.0 Å². The molecule has 1 aromatic heterocycles. The number of aromatic nitrogens is 1. The SMILES string of the molecule is O=C(O)c1ccccc1N1C(=O)C2Cc3c([nH]c4ccccc34)C(c3ccc(F)cc3)N2C1=O. The molecule has 2 atom stereocenters. The van der Waals surface area contributed by atoms with Gasteiger partial charge in [0.25, 0.3) is 5.91 Å². The molecule has 0 saturated carbocycles. The van der Waals surface area contributed by atoms with Gasteiger partial charge in [0.1, 0.15) is 17.9 Å². The van der Waals surface area contributed by atoms with E-state index in [2.05, 4.69) is 4.98 Å². The third kappa shape index (κ3) is 2.78. The number of hydrogen-bond donors (Lipinski definition) is 2. The van der Waals surface area contributed by atoms with Gasteiger partial charge < -0.3 is 10.1 Å². The molecule has 2 N–H and O–H groups in total. The molecule has 3 heterocycles. The van der Waals surface area contributed by atoms with Crippen molar-refractivity contribution >= 4 is 34.5 Å². The number of hydrogen-bond acceptors (Lipinski definition) is 3. The zero-order valence-electron chi connectivity index (χ0n) is 17.7. The number of imide groups is 1. The summed E-state index contributed by atoms with van der Waals surface area (Å²) in [5.41, 5.74) is 3.11. The molecular weight excluding hydrogens is 437 g/mol. The third-order valence-electron chi connectivity index (χ3n) is 6.61. The number of benzene rings is 3. The van der Waals surface area contributed by atoms with Crippen molar-refractivity contribution in [2.75, 3.05) is 4.90 Å². The zero-order chi connectivity index (χ0) is 23.6. The number of carboxylic acids is 1. The molecule has 168 valence electrons. The topological polar surface area (TPSA) is 93.7 Å². The minimum absolute atomic E-state index is 0.0331. The van der Waals surface area contributed by atoms with Crippen molar-refractivity contribution in [3.05, 3.63) is 101 Å². The summed E-state index contributed by atoms with van der Waals surface area (Å²) >= 11 is 0. The first-order valence-corrected chi connectivity index (χ1v) is 10.8. The number of urea groups is 1. The van der Waals surface area contributed by atoms with Crippen molar-refractivity contribution in [1.82, 2.24) is 9.88 Å². The highest BCUT2D eigenvalue weighted by atomic mass is 19.1. The molecule has 2 unspecified atom stereocenters. The summed E-state index contributed by atoms with van der Waals surface area (Å²) in [6, 6.07) is 17.4. The highest BCUT2D eigenvalue weighted by Crippen LogP contribution is 2.45. The quantitative estimate of drug-likeness (QED) is 0.445. The Morgan fingerprint density at radius 1 is 0.971 bits per heavy atom. The summed E-state index contributed by atoms with van der Waals surface area (Å²) in [4.78, 5) is 45.0. The van der Waals surface area contributed by atoms with E-state index in [1.165, 1.54) is 29.2 Å². The van der Waals surface area contributed by atoms with Crippen molar-refractivity contribution in [2.24, 2.45) is 0 Å². The number of H-pyrrole nitrogens is 1. The molecule has 8 heteroatoms. The van der Waals surface area contributed by atoms with Gasteiger partial charge in [0, 0.05) is 23.0 Å². The molecule has 1 saturated heterocycles. The van der Waals surface area contributed by atoms with Crippen molar-refractivity contribution in [3.8, 4) is 0 Å². The number of carbonyl (C=O) groups excluding carboxylic acids is 2. The summed E-state index contributed by atoms with van der Waals surface area (Å²) in [6.45, 7) is 0. The third-order valence-corrected chi connectivity index (χ3v) is 6.61. The minimum Gasteiger partial charge on any atom is -0.478 e. The van der Waals surface area contributed by atoms with Crippen LogP contribution in [0, 0.1) is 5.82 Å². The molecule has 0 aliphatic carbocycles. The Morgan fingerprint density at radius 2 is 1.68 bits per heavy atom. The van der Waals surface area contributed by atoms with E-state index < -0.39 is 35.8 Å². The normalized spacial score (nSPS) is 19.4. The van der Waals surface area contributed by atoms with Crippen molar-refractivity contribution < 1.29 is 23.9 Å². The van der Waals surface area contributed by atoms with Crippen molar-refractivity contribution in [1.29, 1.82) is 0 Å². The summed E-state index contributed by atoms with van der Waals surface area (Å²) in [6.07, 6.45) is 0.285. The molecule has 2 aliphatic heterocycles. The second-order valence-electron chi connectivity index (χ2n) is 8.42. The Bertz CT molecular complexity index is 1490. The molecular formula is C26H18FN3O4. The highest BCUT2D eigenvalue weighted by molar-refractivity contribution is 6.23. The van der Waals surface area contributed by atoms with Crippen LogP contribution in [0.2, 0.25) is 0 Å². The fraction of sp³-hybridized carbons (Fsp3) is 0.115. The molecule has 2 aliphatic rings. The lowest BCUT2D eigenvalue weighted by Gasteiger charge is -2.36. The van der Waals surface area contributed by atoms with E-state index in [1.807, 2.05) is 24.3 Å². The number of nitrogens with zero attached hydrogens (tertiary/aromatic N) is 2. The first kappa shape index (κ1) is 20.2. The van der Waals surface area contributed by atoms with E-state index in [9.17, 15) is 23.9 Å². The first-order valence-electron chi connectivity index (χ1n) is 10.8. The molecule has 0 spiro atoms. The van der Waals surface area contributed by atoms with E-state index in [0.29, 0.717) is 5.56 Å². The van der Waals surface area contributed by atoms with E-state index in [-0.39, 0.29) is 17.7 Å². The summed E-state index contributed by atoms with van der Waals surface area (Å²) in [5.74, 6) is -2.12. The van der Waals surface area contributed by atoms with Gasteiger partial charge in [0.2, 0.25) is 0 Å². The number of anilines is 1. The average molecular weight is 455 g/mol. The van der Waals surface area contributed by atoms with Crippen LogP contribution in [0.3, 0.4) is 0 Å². The Morgan fingerprint density at radius 3 is 2.44 bits per heavy atom. The van der Waals surface area contributed by atoms with E-state index in [4.69, 9.17) is 0 Å². The van der Waals surface area contributed by atoms with Crippen LogP contribution in [0.5, 0.6) is 0 Å². The van der Waals surface area contributed by atoms with Crippen LogP contribution in [-0.4, -0.2) is 38.9 Å². The van der Waals surface area contributed by atoms with Crippen LogP contribution < -0.4 is 4.90 Å². The highest BCUT2D eigenvalue weighted by Gasteiger charge is 2.53.